The largest absolute Gasteiger partial charge is 0.301 e. The van der Waals surface area contributed by atoms with Crippen LogP contribution < -0.4 is 5.32 Å². The van der Waals surface area contributed by atoms with Gasteiger partial charge in [-0.05, 0) is 12.1 Å². The molecule has 6 nitrogen and oxygen atoms in total. The number of aromatic nitrogens is 1. The van der Waals surface area contributed by atoms with Crippen molar-refractivity contribution in [3.8, 4) is 11.3 Å². The Balaban J connectivity index is 2.03. The van der Waals surface area contributed by atoms with E-state index < -0.39 is 15.9 Å². The van der Waals surface area contributed by atoms with Crippen molar-refractivity contribution in [2.24, 2.45) is 0 Å². The second kappa shape index (κ2) is 6.74. The van der Waals surface area contributed by atoms with Gasteiger partial charge in [0, 0.05) is 23.0 Å². The van der Waals surface area contributed by atoms with Gasteiger partial charge in [0.15, 0.2) is 5.13 Å². The average Bonchev–Trinajstić information content (AvgIpc) is 2.86. The molecule has 2 rings (SSSR count). The molecule has 0 atom stereocenters. The first-order valence-electron chi connectivity index (χ1n) is 6.18. The van der Waals surface area contributed by atoms with E-state index in [-0.39, 0.29) is 6.54 Å². The summed E-state index contributed by atoms with van der Waals surface area (Å²) in [6.07, 6.45) is 1.04. The van der Waals surface area contributed by atoms with Crippen molar-refractivity contribution >= 4 is 44.0 Å². The molecule has 1 amide bonds. The second-order valence-corrected chi connectivity index (χ2v) is 8.00. The molecule has 1 aromatic carbocycles. The van der Waals surface area contributed by atoms with Crippen LogP contribution in [0.2, 0.25) is 5.02 Å². The normalized spacial score (nSPS) is 11.6. The molecule has 22 heavy (non-hydrogen) atoms. The fraction of sp³-hybridized carbons (Fsp3) is 0.231. The molecule has 0 aliphatic carbocycles. The van der Waals surface area contributed by atoms with Crippen molar-refractivity contribution in [2.45, 2.75) is 0 Å². The van der Waals surface area contributed by atoms with Gasteiger partial charge in [-0.2, -0.15) is 4.31 Å². The maximum absolute atomic E-state index is 11.8. The molecular weight excluding hydrogens is 346 g/mol. The van der Waals surface area contributed by atoms with Crippen molar-refractivity contribution in [1.29, 1.82) is 0 Å². The highest BCUT2D eigenvalue weighted by Crippen LogP contribution is 2.25. The highest BCUT2D eigenvalue weighted by molar-refractivity contribution is 7.88. The lowest BCUT2D eigenvalue weighted by Crippen LogP contribution is -2.34. The monoisotopic (exact) mass is 359 g/mol. The van der Waals surface area contributed by atoms with E-state index in [0.717, 1.165) is 16.1 Å². The number of likely N-dealkylation sites (N-methyl/N-ethyl adjacent to an activating group) is 1. The first-order valence-corrected chi connectivity index (χ1v) is 9.29. The van der Waals surface area contributed by atoms with Crippen molar-refractivity contribution in [3.63, 3.8) is 0 Å². The number of carbonyl (C=O) groups is 1. The van der Waals surface area contributed by atoms with Gasteiger partial charge in [0.2, 0.25) is 15.9 Å². The SMILES string of the molecule is CN(CC(=O)Nc1nc(-c2ccc(Cl)cc2)cs1)S(C)(=O)=O. The molecule has 9 heteroatoms. The van der Waals surface area contributed by atoms with Gasteiger partial charge in [-0.25, -0.2) is 13.4 Å². The predicted octanol–water partition coefficient (Wildman–Crippen LogP) is 2.29. The van der Waals surface area contributed by atoms with Crippen LogP contribution >= 0.6 is 22.9 Å². The summed E-state index contributed by atoms with van der Waals surface area (Å²) in [6, 6.07) is 7.19. The topological polar surface area (TPSA) is 79.4 Å². The maximum Gasteiger partial charge on any atom is 0.241 e. The number of carbonyl (C=O) groups excluding carboxylic acids is 1. The molecular formula is C13H14ClN3O3S2. The third-order valence-electron chi connectivity index (χ3n) is 2.82. The van der Waals surface area contributed by atoms with Gasteiger partial charge in [-0.3, -0.25) is 4.79 Å². The molecule has 0 aliphatic rings. The van der Waals surface area contributed by atoms with E-state index in [2.05, 4.69) is 10.3 Å². The summed E-state index contributed by atoms with van der Waals surface area (Å²) in [4.78, 5) is 16.1. The first kappa shape index (κ1) is 16.9. The van der Waals surface area contributed by atoms with Crippen LogP contribution in [0.15, 0.2) is 29.6 Å². The summed E-state index contributed by atoms with van der Waals surface area (Å²) in [7, 11) is -2.05. The Morgan fingerprint density at radius 1 is 1.36 bits per heavy atom. The molecule has 0 bridgehead atoms. The van der Waals surface area contributed by atoms with Crippen LogP contribution in [-0.4, -0.2) is 43.5 Å². The van der Waals surface area contributed by atoms with Crippen molar-refractivity contribution in [1.82, 2.24) is 9.29 Å². The minimum absolute atomic E-state index is 0.255. The summed E-state index contributed by atoms with van der Waals surface area (Å²) in [5, 5.41) is 5.44. The van der Waals surface area contributed by atoms with Gasteiger partial charge >= 0.3 is 0 Å². The van der Waals surface area contributed by atoms with Crippen LogP contribution in [0, 0.1) is 0 Å². The summed E-state index contributed by atoms with van der Waals surface area (Å²) in [5.74, 6) is -0.440. The van der Waals surface area contributed by atoms with Crippen LogP contribution in [-0.2, 0) is 14.8 Å². The van der Waals surface area contributed by atoms with Crippen LogP contribution in [0.4, 0.5) is 5.13 Å². The number of halogens is 1. The number of hydrogen-bond donors (Lipinski definition) is 1. The number of hydrogen-bond acceptors (Lipinski definition) is 5. The molecule has 0 spiro atoms. The highest BCUT2D eigenvalue weighted by atomic mass is 35.5. The number of thiazole rings is 1. The number of rotatable bonds is 5. The Morgan fingerprint density at radius 3 is 2.59 bits per heavy atom. The number of nitrogens with one attached hydrogen (secondary N) is 1. The highest BCUT2D eigenvalue weighted by Gasteiger charge is 2.16. The number of amides is 1. The Hall–Kier alpha value is -1.48. The molecule has 0 aliphatic heterocycles. The molecule has 1 N–H and O–H groups in total. The fourth-order valence-electron chi connectivity index (χ4n) is 1.56. The molecule has 0 unspecified atom stereocenters. The lowest BCUT2D eigenvalue weighted by molar-refractivity contribution is -0.116. The Kier molecular flexibility index (Phi) is 5.17. The lowest BCUT2D eigenvalue weighted by atomic mass is 10.2. The van der Waals surface area contributed by atoms with E-state index in [1.165, 1.54) is 18.4 Å². The van der Waals surface area contributed by atoms with Gasteiger partial charge in [0.25, 0.3) is 0 Å². The van der Waals surface area contributed by atoms with Crippen molar-refractivity contribution in [2.75, 3.05) is 25.2 Å². The molecule has 2 aromatic rings. The predicted molar refractivity (Wildman–Crippen MR) is 88.7 cm³/mol. The van der Waals surface area contributed by atoms with Gasteiger partial charge in [-0.15, -0.1) is 11.3 Å². The van der Waals surface area contributed by atoms with Crippen LogP contribution in [0.3, 0.4) is 0 Å². The molecule has 1 aromatic heterocycles. The van der Waals surface area contributed by atoms with E-state index in [4.69, 9.17) is 11.6 Å². The Labute approximate surface area is 137 Å². The van der Waals surface area contributed by atoms with Crippen molar-refractivity contribution < 1.29 is 13.2 Å². The van der Waals surface area contributed by atoms with E-state index in [1.807, 2.05) is 12.1 Å². The van der Waals surface area contributed by atoms with Gasteiger partial charge in [0.1, 0.15) is 0 Å². The van der Waals surface area contributed by atoms with Gasteiger partial charge < -0.3 is 5.32 Å². The van der Waals surface area contributed by atoms with E-state index in [0.29, 0.717) is 15.8 Å². The summed E-state index contributed by atoms with van der Waals surface area (Å²) >= 11 is 7.10. The maximum atomic E-state index is 11.8. The minimum Gasteiger partial charge on any atom is -0.301 e. The third-order valence-corrected chi connectivity index (χ3v) is 5.09. The minimum atomic E-state index is -3.39. The number of benzene rings is 1. The number of nitrogens with zero attached hydrogens (tertiary/aromatic N) is 2. The van der Waals surface area contributed by atoms with Crippen LogP contribution in [0.25, 0.3) is 11.3 Å². The van der Waals surface area contributed by atoms with Crippen LogP contribution in [0.1, 0.15) is 0 Å². The molecule has 0 fully saturated rings. The third kappa shape index (κ3) is 4.51. The molecule has 0 saturated carbocycles. The lowest BCUT2D eigenvalue weighted by Gasteiger charge is -2.12. The van der Waals surface area contributed by atoms with E-state index >= 15 is 0 Å². The second-order valence-electron chi connectivity index (χ2n) is 4.61. The smallest absolute Gasteiger partial charge is 0.241 e. The average molecular weight is 360 g/mol. The summed E-state index contributed by atoms with van der Waals surface area (Å²) in [5.41, 5.74) is 1.60. The van der Waals surface area contributed by atoms with Gasteiger partial charge in [-0.1, -0.05) is 23.7 Å². The number of sulfonamides is 1. The molecule has 1 heterocycles. The first-order chi connectivity index (χ1) is 10.3. The standard InChI is InChI=1S/C13H14ClN3O3S2/c1-17(22(2,19)20)7-12(18)16-13-15-11(8-21-13)9-3-5-10(14)6-4-9/h3-6,8H,7H2,1-2H3,(H,15,16,18). The van der Waals surface area contributed by atoms with Crippen LogP contribution in [0.5, 0.6) is 0 Å². The van der Waals surface area contributed by atoms with Gasteiger partial charge in [0.05, 0.1) is 18.5 Å². The summed E-state index contributed by atoms with van der Waals surface area (Å²) < 4.78 is 23.5. The summed E-state index contributed by atoms with van der Waals surface area (Å²) in [6.45, 7) is -0.255. The molecule has 118 valence electrons. The molecule has 0 radical (unpaired) electrons. The molecule has 0 saturated heterocycles. The van der Waals surface area contributed by atoms with E-state index in [9.17, 15) is 13.2 Å². The zero-order valence-electron chi connectivity index (χ0n) is 11.9. The Bertz CT molecular complexity index is 772. The fourth-order valence-corrected chi connectivity index (χ4v) is 2.78. The zero-order chi connectivity index (χ0) is 16.3. The quantitative estimate of drug-likeness (QED) is 0.888. The zero-order valence-corrected chi connectivity index (χ0v) is 14.3. The number of anilines is 1. The van der Waals surface area contributed by atoms with Crippen molar-refractivity contribution in [3.05, 3.63) is 34.7 Å². The Morgan fingerprint density at radius 2 is 2.00 bits per heavy atom. The van der Waals surface area contributed by atoms with E-state index in [1.54, 1.807) is 17.5 Å².